The summed E-state index contributed by atoms with van der Waals surface area (Å²) in [5.74, 6) is 0. The van der Waals surface area contributed by atoms with E-state index in [0.29, 0.717) is 5.25 Å². The first kappa shape index (κ1) is 9.60. The van der Waals surface area contributed by atoms with Crippen molar-refractivity contribution in [2.45, 2.75) is 23.0 Å². The summed E-state index contributed by atoms with van der Waals surface area (Å²) in [5, 5.41) is 0.632. The highest BCUT2D eigenvalue weighted by Gasteiger charge is 2.06. The molecule has 0 N–H and O–H groups in total. The van der Waals surface area contributed by atoms with E-state index in [-0.39, 0.29) is 0 Å². The third kappa shape index (κ3) is 2.78. The second-order valence-electron chi connectivity index (χ2n) is 3.36. The van der Waals surface area contributed by atoms with Gasteiger partial charge in [-0.1, -0.05) is 42.5 Å². The number of hydrogen-bond acceptors (Lipinski definition) is 1. The molecule has 0 nitrogen and oxygen atoms in total. The van der Waals surface area contributed by atoms with E-state index >= 15 is 0 Å². The van der Waals surface area contributed by atoms with E-state index < -0.39 is 0 Å². The van der Waals surface area contributed by atoms with Crippen molar-refractivity contribution >= 4 is 11.8 Å². The monoisotopic (exact) mass is 202 g/mol. The lowest BCUT2D eigenvalue weighted by Gasteiger charge is -2.09. The zero-order valence-corrected chi connectivity index (χ0v) is 8.91. The maximum absolute atomic E-state index is 2.29. The Balaban J connectivity index is 1.98. The lowest BCUT2D eigenvalue weighted by molar-refractivity contribution is 0.890. The molecule has 1 aromatic carbocycles. The Hall–Kier alpha value is -0.950. The largest absolute Gasteiger partial charge is 0.119 e. The first-order chi connectivity index (χ1) is 6.95. The number of thioether (sulfide) groups is 1. The van der Waals surface area contributed by atoms with E-state index in [1.807, 2.05) is 11.8 Å². The summed E-state index contributed by atoms with van der Waals surface area (Å²) in [6.45, 7) is 0. The van der Waals surface area contributed by atoms with Gasteiger partial charge in [0, 0.05) is 10.1 Å². The number of rotatable bonds is 2. The van der Waals surface area contributed by atoms with E-state index in [0.717, 1.165) is 0 Å². The van der Waals surface area contributed by atoms with Crippen LogP contribution in [0.15, 0.2) is 59.5 Å². The van der Waals surface area contributed by atoms with Crippen molar-refractivity contribution in [1.82, 2.24) is 0 Å². The van der Waals surface area contributed by atoms with Crippen LogP contribution >= 0.6 is 11.8 Å². The number of hydrogen-bond donors (Lipinski definition) is 0. The van der Waals surface area contributed by atoms with Gasteiger partial charge in [-0.2, -0.15) is 0 Å². The van der Waals surface area contributed by atoms with Crippen LogP contribution in [0.4, 0.5) is 0 Å². The normalized spacial score (nSPS) is 20.7. The molecular weight excluding hydrogens is 188 g/mol. The van der Waals surface area contributed by atoms with Crippen molar-refractivity contribution in [3.63, 3.8) is 0 Å². The van der Waals surface area contributed by atoms with Crippen LogP contribution in [0.2, 0.25) is 0 Å². The second kappa shape index (κ2) is 5.06. The summed E-state index contributed by atoms with van der Waals surface area (Å²) >= 11 is 1.95. The van der Waals surface area contributed by atoms with Gasteiger partial charge in [0.2, 0.25) is 0 Å². The van der Waals surface area contributed by atoms with Crippen molar-refractivity contribution < 1.29 is 0 Å². The fraction of sp³-hybridized carbons (Fsp3) is 0.231. The molecule has 1 atom stereocenters. The molecule has 0 saturated carbocycles. The van der Waals surface area contributed by atoms with Crippen LogP contribution in [0.5, 0.6) is 0 Å². The smallest absolute Gasteiger partial charge is 0.0280 e. The molecule has 1 aliphatic carbocycles. The van der Waals surface area contributed by atoms with Gasteiger partial charge in [-0.25, -0.2) is 0 Å². The highest BCUT2D eigenvalue weighted by Crippen LogP contribution is 2.27. The Bertz CT molecular complexity index is 324. The average molecular weight is 202 g/mol. The molecule has 0 saturated heterocycles. The molecule has 1 heteroatoms. The van der Waals surface area contributed by atoms with E-state index in [1.165, 1.54) is 17.7 Å². The second-order valence-corrected chi connectivity index (χ2v) is 4.67. The van der Waals surface area contributed by atoms with Crippen LogP contribution < -0.4 is 0 Å². The first-order valence-corrected chi connectivity index (χ1v) is 5.88. The van der Waals surface area contributed by atoms with Crippen LogP contribution in [0.25, 0.3) is 0 Å². The van der Waals surface area contributed by atoms with Gasteiger partial charge in [-0.05, 0) is 25.0 Å². The predicted molar refractivity (Wildman–Crippen MR) is 63.6 cm³/mol. The molecule has 0 aromatic heterocycles. The molecule has 0 fully saturated rings. The minimum atomic E-state index is 0.632. The highest BCUT2D eigenvalue weighted by molar-refractivity contribution is 8.00. The van der Waals surface area contributed by atoms with E-state index in [1.54, 1.807) is 0 Å². The predicted octanol–water partition coefficient (Wildman–Crippen LogP) is 4.05. The van der Waals surface area contributed by atoms with Crippen molar-refractivity contribution in [1.29, 1.82) is 0 Å². The summed E-state index contributed by atoms with van der Waals surface area (Å²) in [6.07, 6.45) is 11.3. The van der Waals surface area contributed by atoms with Gasteiger partial charge in [-0.3, -0.25) is 0 Å². The highest BCUT2D eigenvalue weighted by atomic mass is 32.2. The molecule has 1 aliphatic rings. The Morgan fingerprint density at radius 1 is 1.07 bits per heavy atom. The Morgan fingerprint density at radius 2 is 1.93 bits per heavy atom. The van der Waals surface area contributed by atoms with Gasteiger partial charge in [0.15, 0.2) is 0 Å². The zero-order chi connectivity index (χ0) is 9.64. The zero-order valence-electron chi connectivity index (χ0n) is 8.10. The van der Waals surface area contributed by atoms with Gasteiger partial charge >= 0.3 is 0 Å². The Kier molecular flexibility index (Phi) is 3.47. The van der Waals surface area contributed by atoms with Gasteiger partial charge in [0.25, 0.3) is 0 Å². The SMILES string of the molecule is C1=CCC[C@@H](Sc2ccccc2)C=C1. The Morgan fingerprint density at radius 3 is 2.79 bits per heavy atom. The summed E-state index contributed by atoms with van der Waals surface area (Å²) in [6, 6.07) is 10.6. The third-order valence-electron chi connectivity index (χ3n) is 2.22. The standard InChI is InChI=1S/C13H14S/c1-2-5-9-12(8-4-1)14-13-10-6-3-7-11-13/h1-4,6-8,10-12H,5,9H2/t12-/m0/s1. The van der Waals surface area contributed by atoms with Crippen molar-refractivity contribution in [3.05, 3.63) is 54.6 Å². The van der Waals surface area contributed by atoms with E-state index in [9.17, 15) is 0 Å². The molecule has 0 aliphatic heterocycles. The lowest BCUT2D eigenvalue weighted by Crippen LogP contribution is -1.95. The number of allylic oxidation sites excluding steroid dienone is 3. The molecule has 0 spiro atoms. The first-order valence-electron chi connectivity index (χ1n) is 5.00. The third-order valence-corrected chi connectivity index (χ3v) is 3.46. The number of benzene rings is 1. The molecule has 72 valence electrons. The van der Waals surface area contributed by atoms with Crippen LogP contribution in [0, 0.1) is 0 Å². The van der Waals surface area contributed by atoms with Gasteiger partial charge in [0.1, 0.15) is 0 Å². The molecule has 0 radical (unpaired) electrons. The summed E-state index contributed by atoms with van der Waals surface area (Å²) in [7, 11) is 0. The van der Waals surface area contributed by atoms with Crippen molar-refractivity contribution in [2.75, 3.05) is 0 Å². The van der Waals surface area contributed by atoms with Crippen LogP contribution in [0.1, 0.15) is 12.8 Å². The molecule has 14 heavy (non-hydrogen) atoms. The molecular formula is C13H14S. The van der Waals surface area contributed by atoms with Gasteiger partial charge in [0.05, 0.1) is 0 Å². The van der Waals surface area contributed by atoms with Crippen LogP contribution in [0.3, 0.4) is 0 Å². The summed E-state index contributed by atoms with van der Waals surface area (Å²) in [5.41, 5.74) is 0. The Labute approximate surface area is 89.7 Å². The van der Waals surface area contributed by atoms with Crippen molar-refractivity contribution in [2.24, 2.45) is 0 Å². The topological polar surface area (TPSA) is 0 Å². The summed E-state index contributed by atoms with van der Waals surface area (Å²) < 4.78 is 0. The minimum Gasteiger partial charge on any atom is -0.119 e. The molecule has 0 amide bonds. The molecule has 2 rings (SSSR count). The quantitative estimate of drug-likeness (QED) is 0.697. The molecule has 0 unspecified atom stereocenters. The maximum Gasteiger partial charge on any atom is 0.0280 e. The fourth-order valence-corrected chi connectivity index (χ4v) is 2.58. The van der Waals surface area contributed by atoms with E-state index in [2.05, 4.69) is 54.6 Å². The average Bonchev–Trinajstić information content (AvgIpc) is 2.48. The van der Waals surface area contributed by atoms with Gasteiger partial charge < -0.3 is 0 Å². The molecule has 1 aromatic rings. The molecule has 0 bridgehead atoms. The fourth-order valence-electron chi connectivity index (χ4n) is 1.49. The van der Waals surface area contributed by atoms with Gasteiger partial charge in [-0.15, -0.1) is 11.8 Å². The molecule has 0 heterocycles. The summed E-state index contributed by atoms with van der Waals surface area (Å²) in [4.78, 5) is 1.36. The van der Waals surface area contributed by atoms with Crippen molar-refractivity contribution in [3.8, 4) is 0 Å². The minimum absolute atomic E-state index is 0.632. The lowest BCUT2D eigenvalue weighted by atomic mass is 10.2. The maximum atomic E-state index is 2.29. The van der Waals surface area contributed by atoms with E-state index in [4.69, 9.17) is 0 Å². The van der Waals surface area contributed by atoms with Crippen LogP contribution in [-0.2, 0) is 0 Å². The van der Waals surface area contributed by atoms with Crippen LogP contribution in [-0.4, -0.2) is 5.25 Å².